The van der Waals surface area contributed by atoms with E-state index in [-0.39, 0.29) is 0 Å². The van der Waals surface area contributed by atoms with Gasteiger partial charge in [-0.3, -0.25) is 0 Å². The molecule has 0 saturated heterocycles. The van der Waals surface area contributed by atoms with Crippen LogP contribution in [0.15, 0.2) is 174 Å². The average Bonchev–Trinajstić information content (AvgIpc) is 3.54. The van der Waals surface area contributed by atoms with E-state index >= 15 is 0 Å². The van der Waals surface area contributed by atoms with Gasteiger partial charge in [0.15, 0.2) is 5.82 Å². The lowest BCUT2D eigenvalue weighted by Crippen LogP contribution is -1.96. The summed E-state index contributed by atoms with van der Waals surface area (Å²) in [6.45, 7) is 0. The lowest BCUT2D eigenvalue weighted by atomic mass is 9.94. The molecule has 9 aromatic rings. The summed E-state index contributed by atoms with van der Waals surface area (Å²) >= 11 is 0. The number of benzene rings is 7. The zero-order chi connectivity index (χ0) is 31.2. The van der Waals surface area contributed by atoms with E-state index < -0.39 is 0 Å². The third kappa shape index (κ3) is 4.95. The second kappa shape index (κ2) is 11.2. The topological polar surface area (TPSA) is 38.9 Å². The summed E-state index contributed by atoms with van der Waals surface area (Å²) in [4.78, 5) is 10.3. The normalized spacial score (nSPS) is 11.4. The van der Waals surface area contributed by atoms with Gasteiger partial charge in [-0.2, -0.15) is 0 Å². The highest BCUT2D eigenvalue weighted by Gasteiger charge is 2.15. The number of hydrogen-bond donors (Lipinski definition) is 0. The third-order valence-corrected chi connectivity index (χ3v) is 8.86. The minimum atomic E-state index is 0.692. The number of furan rings is 1. The van der Waals surface area contributed by atoms with E-state index in [2.05, 4.69) is 140 Å². The quantitative estimate of drug-likeness (QED) is 0.197. The van der Waals surface area contributed by atoms with Gasteiger partial charge in [-0.15, -0.1) is 0 Å². The molecule has 2 aromatic heterocycles. The molecule has 7 aromatic carbocycles. The SMILES string of the molecule is c1ccc(-c2cc(-c3ccccc3)cc(-c3cc(-c4ccc5c(ccc6c7ccccc7oc56)c4)nc(-c4ccccc4)n3)c2)cc1. The first-order valence-electron chi connectivity index (χ1n) is 15.8. The van der Waals surface area contributed by atoms with E-state index in [1.165, 1.54) is 0 Å². The fourth-order valence-corrected chi connectivity index (χ4v) is 6.50. The standard InChI is InChI=1S/C44H28N2O/c1-4-12-29(13-5-1)34-25-35(30-14-6-2-7-15-30)27-36(26-34)41-28-40(45-44(46-41)31-16-8-3-9-17-31)33-21-22-37-32(24-33)20-23-39-38-18-10-11-19-42(38)47-43(37)39/h1-28H. The fourth-order valence-electron chi connectivity index (χ4n) is 6.50. The van der Waals surface area contributed by atoms with Gasteiger partial charge in [0.25, 0.3) is 0 Å². The van der Waals surface area contributed by atoms with E-state index in [4.69, 9.17) is 14.4 Å². The summed E-state index contributed by atoms with van der Waals surface area (Å²) in [5.41, 5.74) is 11.2. The van der Waals surface area contributed by atoms with Crippen LogP contribution < -0.4 is 0 Å². The van der Waals surface area contributed by atoms with Crippen molar-refractivity contribution in [3.63, 3.8) is 0 Å². The Labute approximate surface area is 272 Å². The molecule has 0 N–H and O–H groups in total. The Morgan fingerprint density at radius 1 is 0.340 bits per heavy atom. The zero-order valence-electron chi connectivity index (χ0n) is 25.5. The van der Waals surface area contributed by atoms with Crippen LogP contribution in [0.3, 0.4) is 0 Å². The van der Waals surface area contributed by atoms with Crippen molar-refractivity contribution in [2.45, 2.75) is 0 Å². The second-order valence-electron chi connectivity index (χ2n) is 11.8. The van der Waals surface area contributed by atoms with Crippen LogP contribution in [0.25, 0.3) is 88.9 Å². The average molecular weight is 601 g/mol. The molecule has 3 heteroatoms. The summed E-state index contributed by atoms with van der Waals surface area (Å²) in [6.07, 6.45) is 0. The molecule has 0 aliphatic rings. The van der Waals surface area contributed by atoms with E-state index in [1.807, 2.05) is 30.3 Å². The molecule has 3 nitrogen and oxygen atoms in total. The van der Waals surface area contributed by atoms with Crippen molar-refractivity contribution in [2.24, 2.45) is 0 Å². The molecular formula is C44H28N2O. The summed E-state index contributed by atoms with van der Waals surface area (Å²) in [7, 11) is 0. The minimum Gasteiger partial charge on any atom is -0.455 e. The number of rotatable bonds is 5. The largest absolute Gasteiger partial charge is 0.455 e. The van der Waals surface area contributed by atoms with Crippen LogP contribution in [0.1, 0.15) is 0 Å². The molecule has 0 aliphatic heterocycles. The Hall–Kier alpha value is -6.32. The van der Waals surface area contributed by atoms with Crippen molar-refractivity contribution in [2.75, 3.05) is 0 Å². The summed E-state index contributed by atoms with van der Waals surface area (Å²) in [5.74, 6) is 0.692. The number of fused-ring (bicyclic) bond motifs is 5. The van der Waals surface area contributed by atoms with Crippen molar-refractivity contribution in [3.05, 3.63) is 170 Å². The van der Waals surface area contributed by atoms with Gasteiger partial charge in [0.05, 0.1) is 11.4 Å². The first-order valence-corrected chi connectivity index (χ1v) is 15.8. The smallest absolute Gasteiger partial charge is 0.160 e. The van der Waals surface area contributed by atoms with Crippen molar-refractivity contribution < 1.29 is 4.42 Å². The van der Waals surface area contributed by atoms with Crippen molar-refractivity contribution in [3.8, 4) is 56.2 Å². The maximum absolute atomic E-state index is 6.33. The Morgan fingerprint density at radius 2 is 0.894 bits per heavy atom. The van der Waals surface area contributed by atoms with Crippen LogP contribution >= 0.6 is 0 Å². The predicted molar refractivity (Wildman–Crippen MR) is 194 cm³/mol. The molecule has 220 valence electrons. The van der Waals surface area contributed by atoms with Crippen molar-refractivity contribution >= 4 is 32.7 Å². The lowest BCUT2D eigenvalue weighted by Gasteiger charge is -2.13. The van der Waals surface area contributed by atoms with Crippen LogP contribution in [-0.2, 0) is 0 Å². The summed E-state index contributed by atoms with van der Waals surface area (Å²) < 4.78 is 6.33. The maximum atomic E-state index is 6.33. The molecule has 9 rings (SSSR count). The van der Waals surface area contributed by atoms with E-state index in [9.17, 15) is 0 Å². The van der Waals surface area contributed by atoms with Gasteiger partial charge in [0.2, 0.25) is 0 Å². The lowest BCUT2D eigenvalue weighted by molar-refractivity contribution is 0.672. The molecule has 0 aliphatic carbocycles. The van der Waals surface area contributed by atoms with Crippen molar-refractivity contribution in [1.29, 1.82) is 0 Å². The fraction of sp³-hybridized carbons (Fsp3) is 0. The van der Waals surface area contributed by atoms with Gasteiger partial charge >= 0.3 is 0 Å². The number of aromatic nitrogens is 2. The minimum absolute atomic E-state index is 0.692. The Bertz CT molecular complexity index is 2500. The highest BCUT2D eigenvalue weighted by atomic mass is 16.3. The molecule has 0 fully saturated rings. The molecule has 0 radical (unpaired) electrons. The summed E-state index contributed by atoms with van der Waals surface area (Å²) in [5, 5.41) is 4.45. The highest BCUT2D eigenvalue weighted by Crippen LogP contribution is 2.37. The second-order valence-corrected chi connectivity index (χ2v) is 11.8. The molecule has 47 heavy (non-hydrogen) atoms. The van der Waals surface area contributed by atoms with Crippen LogP contribution in [0.5, 0.6) is 0 Å². The Morgan fingerprint density at radius 3 is 1.57 bits per heavy atom. The highest BCUT2D eigenvalue weighted by molar-refractivity contribution is 6.15. The number of nitrogens with zero attached hydrogens (tertiary/aromatic N) is 2. The zero-order valence-corrected chi connectivity index (χ0v) is 25.5. The maximum Gasteiger partial charge on any atom is 0.160 e. The van der Waals surface area contributed by atoms with E-state index in [1.54, 1.807) is 0 Å². The van der Waals surface area contributed by atoms with Gasteiger partial charge in [0.1, 0.15) is 11.2 Å². The van der Waals surface area contributed by atoms with E-state index in [0.29, 0.717) is 5.82 Å². The number of hydrogen-bond acceptors (Lipinski definition) is 3. The van der Waals surface area contributed by atoms with Crippen LogP contribution in [-0.4, -0.2) is 9.97 Å². The Balaban J connectivity index is 1.24. The molecule has 0 atom stereocenters. The first-order chi connectivity index (χ1) is 23.3. The Kier molecular flexibility index (Phi) is 6.46. The van der Waals surface area contributed by atoms with Gasteiger partial charge in [-0.25, -0.2) is 9.97 Å². The molecule has 0 unspecified atom stereocenters. The molecule has 2 heterocycles. The predicted octanol–water partition coefficient (Wildman–Crippen LogP) is 11.9. The van der Waals surface area contributed by atoms with Gasteiger partial charge in [0, 0.05) is 32.8 Å². The van der Waals surface area contributed by atoms with Crippen LogP contribution in [0.2, 0.25) is 0 Å². The summed E-state index contributed by atoms with van der Waals surface area (Å²) in [6, 6.07) is 59.2. The molecule has 0 spiro atoms. The third-order valence-electron chi connectivity index (χ3n) is 8.86. The molecule has 0 saturated carbocycles. The van der Waals surface area contributed by atoms with Gasteiger partial charge < -0.3 is 4.42 Å². The molecule has 0 bridgehead atoms. The molecular weight excluding hydrogens is 572 g/mol. The van der Waals surface area contributed by atoms with Gasteiger partial charge in [-0.1, -0.05) is 121 Å². The van der Waals surface area contributed by atoms with E-state index in [0.717, 1.165) is 83.0 Å². The van der Waals surface area contributed by atoms with Crippen LogP contribution in [0.4, 0.5) is 0 Å². The number of para-hydroxylation sites is 1. The molecule has 0 amide bonds. The van der Waals surface area contributed by atoms with Crippen LogP contribution in [0, 0.1) is 0 Å². The monoisotopic (exact) mass is 600 g/mol. The van der Waals surface area contributed by atoms with Crippen molar-refractivity contribution in [1.82, 2.24) is 9.97 Å². The van der Waals surface area contributed by atoms with Gasteiger partial charge in [-0.05, 0) is 76.2 Å². The first kappa shape index (κ1) is 27.0.